The molecule has 0 aromatic rings. The molecule has 0 saturated carbocycles. The number of unbranched alkanes of at least 4 members (excludes halogenated alkanes) is 6. The van der Waals surface area contributed by atoms with E-state index < -0.39 is 12.6 Å². The Balaban J connectivity index is 3.20. The molecule has 0 aliphatic rings. The summed E-state index contributed by atoms with van der Waals surface area (Å²) >= 11 is 0. The number of nitrogens with one attached hydrogen (secondary N) is 1. The van der Waals surface area contributed by atoms with Gasteiger partial charge in [0, 0.05) is 26.2 Å². The average Bonchev–Trinajstić information content (AvgIpc) is 2.48. The quantitative estimate of drug-likeness (QED) is 0.448. The molecule has 7 heteroatoms. The molecule has 0 saturated heterocycles. The maximum atomic E-state index is 11.8. The number of carbonyl (C=O) groups is 1. The largest absolute Gasteiger partial charge is 0.396 e. The van der Waals surface area contributed by atoms with Gasteiger partial charge in [-0.1, -0.05) is 25.7 Å². The SMILES string of the molecule is O=C(CCCCCCOCCC(F)(F)F)NCCCCCCO. The molecule has 0 unspecified atom stereocenters. The highest BCUT2D eigenvalue weighted by Crippen LogP contribution is 2.19. The monoisotopic (exact) mass is 341 g/mol. The lowest BCUT2D eigenvalue weighted by Gasteiger charge is -2.07. The minimum Gasteiger partial charge on any atom is -0.396 e. The Morgan fingerprint density at radius 3 is 2.26 bits per heavy atom. The van der Waals surface area contributed by atoms with Gasteiger partial charge in [-0.15, -0.1) is 0 Å². The number of rotatable bonds is 15. The fourth-order valence-electron chi connectivity index (χ4n) is 2.04. The Morgan fingerprint density at radius 2 is 1.57 bits per heavy atom. The van der Waals surface area contributed by atoms with Crippen molar-refractivity contribution in [2.24, 2.45) is 0 Å². The Labute approximate surface area is 136 Å². The Bertz CT molecular complexity index is 286. The van der Waals surface area contributed by atoms with Crippen molar-refractivity contribution in [3.63, 3.8) is 0 Å². The predicted molar refractivity (Wildman–Crippen MR) is 83.1 cm³/mol. The molecule has 138 valence electrons. The zero-order valence-electron chi connectivity index (χ0n) is 13.8. The van der Waals surface area contributed by atoms with Gasteiger partial charge in [0.2, 0.25) is 5.91 Å². The summed E-state index contributed by atoms with van der Waals surface area (Å²) in [6, 6.07) is 0. The van der Waals surface area contributed by atoms with Crippen LogP contribution in [0.4, 0.5) is 13.2 Å². The van der Waals surface area contributed by atoms with Crippen molar-refractivity contribution in [3.8, 4) is 0 Å². The molecule has 0 aromatic heterocycles. The summed E-state index contributed by atoms with van der Waals surface area (Å²) < 4.78 is 40.5. The molecular formula is C16H30F3NO3. The molecule has 23 heavy (non-hydrogen) atoms. The molecule has 2 N–H and O–H groups in total. The van der Waals surface area contributed by atoms with Gasteiger partial charge in [0.15, 0.2) is 0 Å². The van der Waals surface area contributed by atoms with Crippen LogP contribution >= 0.6 is 0 Å². The maximum absolute atomic E-state index is 11.8. The van der Waals surface area contributed by atoms with Crippen LogP contribution in [-0.2, 0) is 9.53 Å². The molecule has 0 aliphatic heterocycles. The minimum atomic E-state index is -4.15. The number of aliphatic hydroxyl groups is 1. The van der Waals surface area contributed by atoms with Gasteiger partial charge in [0.25, 0.3) is 0 Å². The molecule has 0 aromatic carbocycles. The van der Waals surface area contributed by atoms with Crippen LogP contribution in [0.1, 0.15) is 64.2 Å². The first-order chi connectivity index (χ1) is 11.0. The van der Waals surface area contributed by atoms with Crippen molar-refractivity contribution >= 4 is 5.91 Å². The highest BCUT2D eigenvalue weighted by atomic mass is 19.4. The van der Waals surface area contributed by atoms with Crippen LogP contribution in [0, 0.1) is 0 Å². The highest BCUT2D eigenvalue weighted by molar-refractivity contribution is 5.75. The van der Waals surface area contributed by atoms with Gasteiger partial charge < -0.3 is 15.2 Å². The second-order valence-corrected chi connectivity index (χ2v) is 5.63. The Hall–Kier alpha value is -0.820. The molecule has 0 bridgehead atoms. The number of halogens is 3. The Kier molecular flexibility index (Phi) is 14.2. The highest BCUT2D eigenvalue weighted by Gasteiger charge is 2.26. The summed E-state index contributed by atoms with van der Waals surface area (Å²) in [5.74, 6) is 0.0496. The fraction of sp³-hybridized carbons (Fsp3) is 0.938. The van der Waals surface area contributed by atoms with Gasteiger partial charge in [0.05, 0.1) is 13.0 Å². The van der Waals surface area contributed by atoms with Gasteiger partial charge in [0.1, 0.15) is 0 Å². The van der Waals surface area contributed by atoms with Crippen molar-refractivity contribution in [2.45, 2.75) is 70.4 Å². The van der Waals surface area contributed by atoms with E-state index in [2.05, 4.69) is 5.32 Å². The molecule has 0 radical (unpaired) electrons. The first kappa shape index (κ1) is 22.2. The third-order valence-electron chi connectivity index (χ3n) is 3.38. The van der Waals surface area contributed by atoms with Gasteiger partial charge in [-0.05, 0) is 25.7 Å². The van der Waals surface area contributed by atoms with Gasteiger partial charge in [-0.25, -0.2) is 0 Å². The number of aliphatic hydroxyl groups excluding tert-OH is 1. The minimum absolute atomic E-state index is 0.0496. The fourth-order valence-corrected chi connectivity index (χ4v) is 2.04. The van der Waals surface area contributed by atoms with E-state index in [1.807, 2.05) is 0 Å². The normalized spacial score (nSPS) is 11.7. The molecular weight excluding hydrogens is 311 g/mol. The molecule has 1 amide bonds. The maximum Gasteiger partial charge on any atom is 0.391 e. The van der Waals surface area contributed by atoms with E-state index in [0.717, 1.165) is 51.4 Å². The topological polar surface area (TPSA) is 58.6 Å². The van der Waals surface area contributed by atoms with E-state index in [4.69, 9.17) is 9.84 Å². The summed E-state index contributed by atoms with van der Waals surface area (Å²) in [5, 5.41) is 11.5. The number of carbonyl (C=O) groups excluding carboxylic acids is 1. The van der Waals surface area contributed by atoms with E-state index in [9.17, 15) is 18.0 Å². The second-order valence-electron chi connectivity index (χ2n) is 5.63. The van der Waals surface area contributed by atoms with Crippen LogP contribution in [0.25, 0.3) is 0 Å². The number of hydrogen-bond acceptors (Lipinski definition) is 3. The smallest absolute Gasteiger partial charge is 0.391 e. The summed E-state index contributed by atoms with van der Waals surface area (Å²) in [5.41, 5.74) is 0. The van der Waals surface area contributed by atoms with E-state index >= 15 is 0 Å². The molecule has 0 fully saturated rings. The molecule has 0 atom stereocenters. The zero-order valence-corrected chi connectivity index (χ0v) is 13.8. The van der Waals surface area contributed by atoms with Crippen LogP contribution in [-0.4, -0.2) is 43.6 Å². The second kappa shape index (κ2) is 14.8. The first-order valence-electron chi connectivity index (χ1n) is 8.48. The molecule has 0 heterocycles. The van der Waals surface area contributed by atoms with Crippen molar-refractivity contribution < 1.29 is 27.8 Å². The van der Waals surface area contributed by atoms with E-state index in [1.165, 1.54) is 0 Å². The van der Waals surface area contributed by atoms with Crippen LogP contribution in [0.2, 0.25) is 0 Å². The summed E-state index contributed by atoms with van der Waals surface area (Å²) in [4.78, 5) is 11.5. The Morgan fingerprint density at radius 1 is 0.913 bits per heavy atom. The summed E-state index contributed by atoms with van der Waals surface area (Å²) in [6.45, 7) is 0.970. The van der Waals surface area contributed by atoms with Gasteiger partial charge in [-0.3, -0.25) is 4.79 Å². The van der Waals surface area contributed by atoms with E-state index in [0.29, 0.717) is 19.6 Å². The van der Waals surface area contributed by atoms with Crippen molar-refractivity contribution in [2.75, 3.05) is 26.4 Å². The van der Waals surface area contributed by atoms with Crippen molar-refractivity contribution in [3.05, 3.63) is 0 Å². The van der Waals surface area contributed by atoms with Gasteiger partial charge in [-0.2, -0.15) is 13.2 Å². The lowest BCUT2D eigenvalue weighted by Crippen LogP contribution is -2.23. The number of hydrogen-bond donors (Lipinski definition) is 2. The zero-order chi connectivity index (χ0) is 17.4. The molecule has 4 nitrogen and oxygen atoms in total. The van der Waals surface area contributed by atoms with Crippen LogP contribution in [0.5, 0.6) is 0 Å². The van der Waals surface area contributed by atoms with Crippen LogP contribution < -0.4 is 5.32 Å². The third kappa shape index (κ3) is 19.1. The molecule has 0 rings (SSSR count). The molecule has 0 spiro atoms. The number of amides is 1. The number of ether oxygens (including phenoxy) is 1. The van der Waals surface area contributed by atoms with Crippen LogP contribution in [0.3, 0.4) is 0 Å². The first-order valence-corrected chi connectivity index (χ1v) is 8.48. The van der Waals surface area contributed by atoms with Crippen molar-refractivity contribution in [1.82, 2.24) is 5.32 Å². The van der Waals surface area contributed by atoms with Crippen molar-refractivity contribution in [1.29, 1.82) is 0 Å². The lowest BCUT2D eigenvalue weighted by atomic mass is 10.1. The number of alkyl halides is 3. The standard InChI is InChI=1S/C16H30F3NO3/c17-16(18,19)10-14-23-13-8-4-1-5-9-15(22)20-11-6-2-3-7-12-21/h21H,1-14H2,(H,20,22). The third-order valence-corrected chi connectivity index (χ3v) is 3.38. The van der Waals surface area contributed by atoms with E-state index in [-0.39, 0.29) is 19.1 Å². The van der Waals surface area contributed by atoms with Crippen LogP contribution in [0.15, 0.2) is 0 Å². The lowest BCUT2D eigenvalue weighted by molar-refractivity contribution is -0.145. The van der Waals surface area contributed by atoms with Gasteiger partial charge >= 0.3 is 6.18 Å². The summed E-state index contributed by atoms with van der Waals surface area (Å²) in [6.07, 6.45) is 2.45. The average molecular weight is 341 g/mol. The summed E-state index contributed by atoms with van der Waals surface area (Å²) in [7, 11) is 0. The van der Waals surface area contributed by atoms with E-state index in [1.54, 1.807) is 0 Å². The molecule has 0 aliphatic carbocycles. The predicted octanol–water partition coefficient (Wildman–Crippen LogP) is 3.57.